The quantitative estimate of drug-likeness (QED) is 0.536. The summed E-state index contributed by atoms with van der Waals surface area (Å²) >= 11 is 0. The van der Waals surface area contributed by atoms with E-state index in [2.05, 4.69) is 0 Å². The molecule has 0 atom stereocenters. The Bertz CT molecular complexity index is 1230. The second-order valence-electron chi connectivity index (χ2n) is 7.84. The molecule has 6 nitrogen and oxygen atoms in total. The minimum absolute atomic E-state index is 0.128. The van der Waals surface area contributed by atoms with Crippen LogP contribution in [0.5, 0.6) is 0 Å². The van der Waals surface area contributed by atoms with Gasteiger partial charge in [0.25, 0.3) is 15.6 Å². The maximum absolute atomic E-state index is 14.4. The van der Waals surface area contributed by atoms with Crippen LogP contribution in [-0.2, 0) is 26.8 Å². The molecule has 0 aromatic heterocycles. The molecule has 35 heavy (non-hydrogen) atoms. The summed E-state index contributed by atoms with van der Waals surface area (Å²) in [7, 11) is -4.52. The molecule has 0 bridgehead atoms. The molecule has 14 heteroatoms. The van der Waals surface area contributed by atoms with Crippen LogP contribution in [0.1, 0.15) is 30.9 Å². The fraction of sp³-hybridized carbons (Fsp3) is 0.381. The topological polar surface area (TPSA) is 86.7 Å². The maximum Gasteiger partial charge on any atom is 0.430 e. The van der Waals surface area contributed by atoms with Gasteiger partial charge in [0.05, 0.1) is 10.6 Å². The summed E-state index contributed by atoms with van der Waals surface area (Å²) in [5, 5.41) is 9.39. The van der Waals surface area contributed by atoms with Crippen LogP contribution in [-0.4, -0.2) is 38.3 Å². The summed E-state index contributed by atoms with van der Waals surface area (Å²) in [5.74, 6) is -1.90. The van der Waals surface area contributed by atoms with Crippen molar-refractivity contribution in [3.8, 4) is 0 Å². The van der Waals surface area contributed by atoms with Gasteiger partial charge in [-0.2, -0.15) is 26.3 Å². The summed E-state index contributed by atoms with van der Waals surface area (Å²) in [6.45, 7) is 2.27. The summed E-state index contributed by atoms with van der Waals surface area (Å²) in [6.07, 6.45) is -11.4. The third kappa shape index (κ3) is 4.81. The first-order valence-electron chi connectivity index (χ1n) is 10.1. The highest BCUT2D eigenvalue weighted by Crippen LogP contribution is 2.50. The first-order valence-corrected chi connectivity index (χ1v) is 11.6. The van der Waals surface area contributed by atoms with Gasteiger partial charge >= 0.3 is 12.4 Å². The number of nitrogens with zero attached hydrogens (tertiary/aromatic N) is 1. The van der Waals surface area contributed by atoms with Crippen molar-refractivity contribution in [2.45, 2.75) is 49.0 Å². The van der Waals surface area contributed by atoms with E-state index in [0.717, 1.165) is 6.07 Å². The molecule has 0 spiro atoms. The van der Waals surface area contributed by atoms with Crippen LogP contribution in [0.15, 0.2) is 41.3 Å². The normalized spacial score (nSPS) is 15.2. The lowest BCUT2D eigenvalue weighted by molar-refractivity contribution is -0.376. The number of amides is 1. The summed E-state index contributed by atoms with van der Waals surface area (Å²) in [4.78, 5) is 13.3. The van der Waals surface area contributed by atoms with Gasteiger partial charge in [0, 0.05) is 24.2 Å². The minimum atomic E-state index is -6.23. The molecule has 0 saturated heterocycles. The van der Waals surface area contributed by atoms with Crippen molar-refractivity contribution >= 4 is 27.3 Å². The van der Waals surface area contributed by atoms with E-state index in [1.54, 1.807) is 4.72 Å². The van der Waals surface area contributed by atoms with E-state index < -0.39 is 45.0 Å². The van der Waals surface area contributed by atoms with E-state index >= 15 is 0 Å². The predicted molar refractivity (Wildman–Crippen MR) is 111 cm³/mol. The number of nitrogens with one attached hydrogen (secondary N) is 1. The van der Waals surface area contributed by atoms with E-state index in [1.165, 1.54) is 17.0 Å². The number of benzene rings is 2. The fourth-order valence-electron chi connectivity index (χ4n) is 3.69. The zero-order valence-electron chi connectivity index (χ0n) is 18.0. The number of sulfonamides is 1. The standard InChI is InChI=1S/C21H19F7N2O4S/c1-2-9-30-17-7-5-14(10-12(17)3-8-18(30)31)35(33,34)29-16-6-4-13(11-15(16)22)19(32,20(23,24)25)21(26,27)28/h4-7,10-11,29,32H,2-3,8-9H2,1H3. The predicted octanol–water partition coefficient (Wildman–Crippen LogP) is 4.63. The van der Waals surface area contributed by atoms with Crippen LogP contribution in [0.25, 0.3) is 0 Å². The molecule has 3 rings (SSSR count). The molecule has 1 heterocycles. The highest BCUT2D eigenvalue weighted by atomic mass is 32.2. The smallest absolute Gasteiger partial charge is 0.369 e. The molecule has 0 aliphatic carbocycles. The first kappa shape index (κ1) is 26.7. The lowest BCUT2D eigenvalue weighted by atomic mass is 9.92. The average Bonchev–Trinajstić information content (AvgIpc) is 2.74. The van der Waals surface area contributed by atoms with Gasteiger partial charge in [0.15, 0.2) is 0 Å². The molecule has 1 aliphatic rings. The molecule has 0 radical (unpaired) electrons. The van der Waals surface area contributed by atoms with E-state index in [0.29, 0.717) is 30.3 Å². The van der Waals surface area contributed by atoms with Crippen molar-refractivity contribution < 1.29 is 49.1 Å². The number of rotatable bonds is 6. The van der Waals surface area contributed by atoms with E-state index in [4.69, 9.17) is 0 Å². The lowest BCUT2D eigenvalue weighted by Gasteiger charge is -2.32. The van der Waals surface area contributed by atoms with Crippen LogP contribution in [0, 0.1) is 5.82 Å². The molecule has 2 N–H and O–H groups in total. The number of halogens is 7. The molecule has 1 amide bonds. The van der Waals surface area contributed by atoms with Gasteiger partial charge in [-0.05, 0) is 48.7 Å². The zero-order valence-corrected chi connectivity index (χ0v) is 18.8. The van der Waals surface area contributed by atoms with Gasteiger partial charge in [0.1, 0.15) is 5.82 Å². The minimum Gasteiger partial charge on any atom is -0.369 e. The maximum atomic E-state index is 14.4. The van der Waals surface area contributed by atoms with Crippen molar-refractivity contribution in [3.05, 3.63) is 53.3 Å². The molecule has 0 fully saturated rings. The molecule has 1 aliphatic heterocycles. The molecule has 2 aromatic carbocycles. The third-order valence-electron chi connectivity index (χ3n) is 5.46. The Kier molecular flexibility index (Phi) is 6.85. The third-order valence-corrected chi connectivity index (χ3v) is 6.82. The molecular weight excluding hydrogens is 509 g/mol. The SMILES string of the molecule is CCCN1C(=O)CCc2cc(S(=O)(=O)Nc3ccc(C(O)(C(F)(F)F)C(F)(F)F)cc3F)ccc21. The Morgan fingerprint density at radius 3 is 2.17 bits per heavy atom. The van der Waals surface area contributed by atoms with Crippen LogP contribution < -0.4 is 9.62 Å². The monoisotopic (exact) mass is 528 g/mol. The highest BCUT2D eigenvalue weighted by Gasteiger charge is 2.71. The number of hydrogen-bond acceptors (Lipinski definition) is 4. The van der Waals surface area contributed by atoms with Crippen LogP contribution in [0.4, 0.5) is 42.1 Å². The van der Waals surface area contributed by atoms with Crippen LogP contribution >= 0.6 is 0 Å². The van der Waals surface area contributed by atoms with E-state index in [1.807, 2.05) is 6.92 Å². The summed E-state index contributed by atoms with van der Waals surface area (Å²) in [6, 6.07) is 4.03. The number of fused-ring (bicyclic) bond motifs is 1. The van der Waals surface area contributed by atoms with Crippen molar-refractivity contribution in [1.29, 1.82) is 0 Å². The number of aryl methyl sites for hydroxylation is 1. The highest BCUT2D eigenvalue weighted by molar-refractivity contribution is 7.92. The molecular formula is C21H19F7N2O4S. The van der Waals surface area contributed by atoms with Crippen LogP contribution in [0.3, 0.4) is 0 Å². The van der Waals surface area contributed by atoms with Gasteiger partial charge in [-0.15, -0.1) is 0 Å². The zero-order chi connectivity index (χ0) is 26.4. The first-order chi connectivity index (χ1) is 16.0. The number of alkyl halides is 6. The largest absolute Gasteiger partial charge is 0.430 e. The van der Waals surface area contributed by atoms with Gasteiger partial charge in [0.2, 0.25) is 5.91 Å². The Labute approximate surface area is 195 Å². The number of carbonyl (C=O) groups excluding carboxylic acids is 1. The second-order valence-corrected chi connectivity index (χ2v) is 9.52. The summed E-state index contributed by atoms with van der Waals surface area (Å²) < 4.78 is 120. The van der Waals surface area contributed by atoms with Gasteiger partial charge in [-0.25, -0.2) is 12.8 Å². The molecule has 0 unspecified atom stereocenters. The van der Waals surface area contributed by atoms with Crippen molar-refractivity contribution in [2.75, 3.05) is 16.2 Å². The van der Waals surface area contributed by atoms with E-state index in [9.17, 15) is 49.1 Å². The van der Waals surface area contributed by atoms with Gasteiger partial charge in [-0.1, -0.05) is 13.0 Å². The molecule has 192 valence electrons. The Morgan fingerprint density at radius 2 is 1.63 bits per heavy atom. The van der Waals surface area contributed by atoms with Crippen molar-refractivity contribution in [2.24, 2.45) is 0 Å². The van der Waals surface area contributed by atoms with Gasteiger partial charge < -0.3 is 10.0 Å². The van der Waals surface area contributed by atoms with E-state index in [-0.39, 0.29) is 35.8 Å². The van der Waals surface area contributed by atoms with Crippen molar-refractivity contribution in [1.82, 2.24) is 0 Å². The van der Waals surface area contributed by atoms with Crippen LogP contribution in [0.2, 0.25) is 0 Å². The van der Waals surface area contributed by atoms with Gasteiger partial charge in [-0.3, -0.25) is 9.52 Å². The fourth-order valence-corrected chi connectivity index (χ4v) is 4.80. The lowest BCUT2D eigenvalue weighted by Crippen LogP contribution is -2.54. The molecule has 2 aromatic rings. The average molecular weight is 528 g/mol. The Balaban J connectivity index is 1.94. The summed E-state index contributed by atoms with van der Waals surface area (Å²) in [5.41, 5.74) is -7.12. The molecule has 0 saturated carbocycles. The number of aliphatic hydroxyl groups is 1. The second kappa shape index (κ2) is 8.97. The Morgan fingerprint density at radius 1 is 1.00 bits per heavy atom. The van der Waals surface area contributed by atoms with Crippen molar-refractivity contribution in [3.63, 3.8) is 0 Å². The number of hydrogen-bond donors (Lipinski definition) is 2. The number of carbonyl (C=O) groups is 1. The Hall–Kier alpha value is -2.87. The number of anilines is 2.